The van der Waals surface area contributed by atoms with E-state index >= 15 is 0 Å². The standard InChI is InChI=1S/C19H24F3NO3/c1-2-18(17(25)26,13-8-4-3-5-9-13)12-23-16(24)14-10-6-7-11-15(14)19(20,21)22/h3-5,8-9,14-15H,2,6-7,10-12H2,1H3,(H,23,24)(H,25,26). The molecule has 1 saturated carbocycles. The summed E-state index contributed by atoms with van der Waals surface area (Å²) in [5.41, 5.74) is -0.842. The molecule has 7 heteroatoms. The molecule has 2 N–H and O–H groups in total. The summed E-state index contributed by atoms with van der Waals surface area (Å²) >= 11 is 0. The molecule has 144 valence electrons. The number of carboxylic acid groups (broad SMARTS) is 1. The van der Waals surface area contributed by atoms with Gasteiger partial charge >= 0.3 is 12.1 Å². The van der Waals surface area contributed by atoms with Crippen LogP contribution in [0, 0.1) is 11.8 Å². The molecule has 1 aromatic rings. The summed E-state index contributed by atoms with van der Waals surface area (Å²) in [4.78, 5) is 24.4. The molecule has 0 aliphatic heterocycles. The predicted molar refractivity (Wildman–Crippen MR) is 90.6 cm³/mol. The fourth-order valence-electron chi connectivity index (χ4n) is 3.74. The minimum atomic E-state index is -4.42. The Hall–Kier alpha value is -2.05. The summed E-state index contributed by atoms with van der Waals surface area (Å²) in [7, 11) is 0. The van der Waals surface area contributed by atoms with Gasteiger partial charge in [-0.2, -0.15) is 13.2 Å². The zero-order valence-electron chi connectivity index (χ0n) is 14.7. The highest BCUT2D eigenvalue weighted by Crippen LogP contribution is 2.41. The van der Waals surface area contributed by atoms with Crippen LogP contribution >= 0.6 is 0 Å². The monoisotopic (exact) mass is 371 g/mol. The minimum Gasteiger partial charge on any atom is -0.481 e. The Labute approximate surface area is 150 Å². The minimum absolute atomic E-state index is 0.0574. The van der Waals surface area contributed by atoms with Crippen molar-refractivity contribution in [1.29, 1.82) is 0 Å². The van der Waals surface area contributed by atoms with Gasteiger partial charge in [0.15, 0.2) is 0 Å². The highest BCUT2D eigenvalue weighted by Gasteiger charge is 2.48. The molecular formula is C19H24F3NO3. The number of alkyl halides is 3. The molecular weight excluding hydrogens is 347 g/mol. The van der Waals surface area contributed by atoms with Crippen molar-refractivity contribution in [3.63, 3.8) is 0 Å². The van der Waals surface area contributed by atoms with Gasteiger partial charge in [-0.3, -0.25) is 9.59 Å². The van der Waals surface area contributed by atoms with Crippen molar-refractivity contribution >= 4 is 11.9 Å². The quantitative estimate of drug-likeness (QED) is 0.797. The molecule has 1 aliphatic rings. The molecule has 0 bridgehead atoms. The number of benzene rings is 1. The maximum absolute atomic E-state index is 13.2. The molecule has 26 heavy (non-hydrogen) atoms. The molecule has 3 unspecified atom stereocenters. The van der Waals surface area contributed by atoms with Crippen LogP contribution in [0.15, 0.2) is 30.3 Å². The van der Waals surface area contributed by atoms with E-state index in [-0.39, 0.29) is 25.8 Å². The number of carboxylic acids is 1. The summed E-state index contributed by atoms with van der Waals surface area (Å²) in [6.07, 6.45) is -3.07. The van der Waals surface area contributed by atoms with Crippen molar-refractivity contribution in [2.75, 3.05) is 6.54 Å². The largest absolute Gasteiger partial charge is 0.481 e. The van der Waals surface area contributed by atoms with Crippen LogP contribution in [0.25, 0.3) is 0 Å². The summed E-state index contributed by atoms with van der Waals surface area (Å²) in [6.45, 7) is 1.45. The van der Waals surface area contributed by atoms with E-state index in [1.54, 1.807) is 37.3 Å². The second-order valence-corrected chi connectivity index (χ2v) is 6.86. The fourth-order valence-corrected chi connectivity index (χ4v) is 3.74. The van der Waals surface area contributed by atoms with E-state index in [2.05, 4.69) is 5.32 Å². The van der Waals surface area contributed by atoms with Crippen LogP contribution in [0.5, 0.6) is 0 Å². The number of hydrogen-bond donors (Lipinski definition) is 2. The number of amides is 1. The summed E-state index contributed by atoms with van der Waals surface area (Å²) in [5, 5.41) is 12.3. The van der Waals surface area contributed by atoms with Gasteiger partial charge in [0.2, 0.25) is 5.91 Å². The average molecular weight is 371 g/mol. The molecule has 1 aromatic carbocycles. The lowest BCUT2D eigenvalue weighted by Crippen LogP contribution is -2.49. The molecule has 1 fully saturated rings. The van der Waals surface area contributed by atoms with Crippen molar-refractivity contribution in [1.82, 2.24) is 5.32 Å². The number of carbonyl (C=O) groups is 2. The Bertz CT molecular complexity index is 633. The van der Waals surface area contributed by atoms with E-state index in [1.165, 1.54) is 0 Å². The zero-order valence-corrected chi connectivity index (χ0v) is 14.7. The predicted octanol–water partition coefficient (Wildman–Crippen LogP) is 3.90. The van der Waals surface area contributed by atoms with Gasteiger partial charge in [-0.15, -0.1) is 0 Å². The summed E-state index contributed by atoms with van der Waals surface area (Å²) in [5.74, 6) is -4.62. The van der Waals surface area contributed by atoms with Gasteiger partial charge in [0.05, 0.1) is 5.92 Å². The second kappa shape index (κ2) is 8.10. The topological polar surface area (TPSA) is 66.4 Å². The number of hydrogen-bond acceptors (Lipinski definition) is 2. The van der Waals surface area contributed by atoms with E-state index in [4.69, 9.17) is 0 Å². The molecule has 2 rings (SSSR count). The van der Waals surface area contributed by atoms with Crippen LogP contribution in [0.1, 0.15) is 44.6 Å². The number of rotatable bonds is 6. The van der Waals surface area contributed by atoms with Crippen molar-refractivity contribution in [3.8, 4) is 0 Å². The SMILES string of the molecule is CCC(CNC(=O)C1CCCCC1C(F)(F)F)(C(=O)O)c1ccccc1. The number of aliphatic carboxylic acids is 1. The molecule has 0 spiro atoms. The van der Waals surface area contributed by atoms with Crippen LogP contribution in [0.4, 0.5) is 13.2 Å². The molecule has 3 atom stereocenters. The van der Waals surface area contributed by atoms with Crippen molar-refractivity contribution in [2.45, 2.75) is 50.6 Å². The van der Waals surface area contributed by atoms with Gasteiger partial charge in [0, 0.05) is 12.5 Å². The fraction of sp³-hybridized carbons (Fsp3) is 0.579. The van der Waals surface area contributed by atoms with Gasteiger partial charge in [-0.1, -0.05) is 50.1 Å². The van der Waals surface area contributed by atoms with Crippen LogP contribution in [0.3, 0.4) is 0 Å². The smallest absolute Gasteiger partial charge is 0.392 e. The van der Waals surface area contributed by atoms with E-state index in [1.807, 2.05) is 0 Å². The van der Waals surface area contributed by atoms with Gasteiger partial charge in [0.25, 0.3) is 0 Å². The molecule has 0 saturated heterocycles. The third kappa shape index (κ3) is 4.19. The Balaban J connectivity index is 2.18. The first-order chi connectivity index (χ1) is 12.2. The van der Waals surface area contributed by atoms with Gasteiger partial charge in [0.1, 0.15) is 5.41 Å². The van der Waals surface area contributed by atoms with Crippen molar-refractivity contribution < 1.29 is 27.9 Å². The van der Waals surface area contributed by atoms with E-state index in [0.717, 1.165) is 0 Å². The highest BCUT2D eigenvalue weighted by molar-refractivity contribution is 5.84. The third-order valence-electron chi connectivity index (χ3n) is 5.43. The Morgan fingerprint density at radius 2 is 1.77 bits per heavy atom. The molecule has 0 radical (unpaired) electrons. The zero-order chi connectivity index (χ0) is 19.4. The average Bonchev–Trinajstić information content (AvgIpc) is 2.62. The number of halogens is 3. The number of nitrogens with one attached hydrogen (secondary N) is 1. The normalized spacial score (nSPS) is 23.1. The van der Waals surface area contributed by atoms with E-state index in [0.29, 0.717) is 18.4 Å². The Kier molecular flexibility index (Phi) is 6.31. The Morgan fingerprint density at radius 3 is 2.31 bits per heavy atom. The van der Waals surface area contributed by atoms with E-state index in [9.17, 15) is 27.9 Å². The molecule has 1 amide bonds. The van der Waals surface area contributed by atoms with Gasteiger partial charge in [-0.05, 0) is 24.8 Å². The van der Waals surface area contributed by atoms with Crippen LogP contribution in [-0.2, 0) is 15.0 Å². The third-order valence-corrected chi connectivity index (χ3v) is 5.43. The molecule has 4 nitrogen and oxygen atoms in total. The lowest BCUT2D eigenvalue weighted by molar-refractivity contribution is -0.198. The second-order valence-electron chi connectivity index (χ2n) is 6.86. The summed E-state index contributed by atoms with van der Waals surface area (Å²) in [6, 6.07) is 8.46. The summed E-state index contributed by atoms with van der Waals surface area (Å²) < 4.78 is 39.6. The highest BCUT2D eigenvalue weighted by atomic mass is 19.4. The van der Waals surface area contributed by atoms with Crippen molar-refractivity contribution in [3.05, 3.63) is 35.9 Å². The van der Waals surface area contributed by atoms with Crippen molar-refractivity contribution in [2.24, 2.45) is 11.8 Å². The van der Waals surface area contributed by atoms with Crippen LogP contribution < -0.4 is 5.32 Å². The first kappa shape index (κ1) is 20.3. The lowest BCUT2D eigenvalue weighted by atomic mass is 9.76. The molecule has 0 heterocycles. The van der Waals surface area contributed by atoms with Crippen LogP contribution in [-0.4, -0.2) is 29.7 Å². The first-order valence-electron chi connectivity index (χ1n) is 8.85. The lowest BCUT2D eigenvalue weighted by Gasteiger charge is -2.34. The maximum atomic E-state index is 13.2. The first-order valence-corrected chi connectivity index (χ1v) is 8.85. The van der Waals surface area contributed by atoms with E-state index < -0.39 is 35.3 Å². The van der Waals surface area contributed by atoms with Gasteiger partial charge in [-0.25, -0.2) is 0 Å². The van der Waals surface area contributed by atoms with Gasteiger partial charge < -0.3 is 10.4 Å². The molecule has 0 aromatic heterocycles. The molecule has 1 aliphatic carbocycles. The number of carbonyl (C=O) groups excluding carboxylic acids is 1. The Morgan fingerprint density at radius 1 is 1.15 bits per heavy atom. The van der Waals surface area contributed by atoms with Crippen LogP contribution in [0.2, 0.25) is 0 Å². The maximum Gasteiger partial charge on any atom is 0.392 e.